The van der Waals surface area contributed by atoms with E-state index in [1.165, 1.54) is 0 Å². The van der Waals surface area contributed by atoms with Crippen LogP contribution in [0.4, 0.5) is 0 Å². The molecule has 3 atom stereocenters. The summed E-state index contributed by atoms with van der Waals surface area (Å²) in [5, 5.41) is 9.45. The van der Waals surface area contributed by atoms with Gasteiger partial charge in [0.05, 0.1) is 0 Å². The van der Waals surface area contributed by atoms with Gasteiger partial charge in [-0.15, -0.1) is 0 Å². The molecule has 4 nitrogen and oxygen atoms in total. The third-order valence-electron chi connectivity index (χ3n) is 3.99. The molecule has 2 saturated carbocycles. The minimum atomic E-state index is -1.27. The number of aliphatic carboxylic acids is 1. The molecule has 96 valence electrons. The van der Waals surface area contributed by atoms with Gasteiger partial charge in [0.25, 0.3) is 0 Å². The Morgan fingerprint density at radius 1 is 1.29 bits per heavy atom. The largest absolute Gasteiger partial charge is 0.480 e. The highest BCUT2D eigenvalue weighted by atomic mass is 16.6. The van der Waals surface area contributed by atoms with Crippen molar-refractivity contribution in [1.82, 2.24) is 0 Å². The lowest BCUT2D eigenvalue weighted by Crippen LogP contribution is -2.47. The van der Waals surface area contributed by atoms with Crippen LogP contribution in [0.5, 0.6) is 0 Å². The quantitative estimate of drug-likeness (QED) is 0.593. The number of carbonyl (C=O) groups excluding carboxylic acids is 1. The van der Waals surface area contributed by atoms with Gasteiger partial charge in [-0.1, -0.05) is 6.42 Å². The highest BCUT2D eigenvalue weighted by Crippen LogP contribution is 2.56. The molecule has 0 saturated heterocycles. The number of rotatable bonds is 2. The zero-order valence-electron chi connectivity index (χ0n) is 10.7. The lowest BCUT2D eigenvalue weighted by Gasteiger charge is -2.34. The van der Waals surface area contributed by atoms with Crippen molar-refractivity contribution >= 4 is 11.9 Å². The van der Waals surface area contributed by atoms with E-state index in [0.717, 1.165) is 19.3 Å². The minimum absolute atomic E-state index is 0.0279. The Bertz CT molecular complexity index is 355. The van der Waals surface area contributed by atoms with Crippen LogP contribution in [0.1, 0.15) is 46.5 Å². The van der Waals surface area contributed by atoms with Crippen molar-refractivity contribution in [3.8, 4) is 0 Å². The predicted molar refractivity (Wildman–Crippen MR) is 61.4 cm³/mol. The van der Waals surface area contributed by atoms with Crippen LogP contribution in [0.3, 0.4) is 0 Å². The first-order valence-electron chi connectivity index (χ1n) is 6.22. The summed E-state index contributed by atoms with van der Waals surface area (Å²) in [6, 6.07) is 0. The Balaban J connectivity index is 2.25. The molecule has 1 N–H and O–H groups in total. The van der Waals surface area contributed by atoms with E-state index in [-0.39, 0.29) is 5.92 Å². The summed E-state index contributed by atoms with van der Waals surface area (Å²) >= 11 is 0. The molecule has 2 aliphatic carbocycles. The first-order chi connectivity index (χ1) is 7.75. The standard InChI is InChI=1S/C13H20O4/c1-12(2,3)17-11(16)13(10(14)15)7-8-4-5-9(13)6-8/h8-9H,4-7H2,1-3H3,(H,14,15)/t8-,9-,13+/m0/s1. The van der Waals surface area contributed by atoms with Gasteiger partial charge < -0.3 is 9.84 Å². The van der Waals surface area contributed by atoms with Crippen LogP contribution in [-0.2, 0) is 14.3 Å². The summed E-state index contributed by atoms with van der Waals surface area (Å²) in [5.74, 6) is -1.17. The molecular formula is C13H20O4. The van der Waals surface area contributed by atoms with Crippen molar-refractivity contribution in [1.29, 1.82) is 0 Å². The van der Waals surface area contributed by atoms with Crippen molar-refractivity contribution in [2.45, 2.75) is 52.1 Å². The van der Waals surface area contributed by atoms with E-state index in [2.05, 4.69) is 0 Å². The highest BCUT2D eigenvalue weighted by molar-refractivity contribution is 6.00. The number of esters is 1. The van der Waals surface area contributed by atoms with Crippen LogP contribution in [0.15, 0.2) is 0 Å². The van der Waals surface area contributed by atoms with Gasteiger partial charge in [0.1, 0.15) is 5.60 Å². The van der Waals surface area contributed by atoms with Gasteiger partial charge in [0.2, 0.25) is 0 Å². The highest BCUT2D eigenvalue weighted by Gasteiger charge is 2.62. The number of hydrogen-bond donors (Lipinski definition) is 1. The number of hydrogen-bond acceptors (Lipinski definition) is 3. The molecule has 0 aliphatic heterocycles. The molecule has 0 aromatic carbocycles. The summed E-state index contributed by atoms with van der Waals surface area (Å²) in [6.07, 6.45) is 3.23. The van der Waals surface area contributed by atoms with Gasteiger partial charge in [-0.25, -0.2) is 0 Å². The fourth-order valence-electron chi connectivity index (χ4n) is 3.30. The second-order valence-corrected chi connectivity index (χ2v) is 6.36. The van der Waals surface area contributed by atoms with Gasteiger partial charge in [-0.2, -0.15) is 0 Å². The second kappa shape index (κ2) is 3.72. The normalized spacial score (nSPS) is 35.9. The van der Waals surface area contributed by atoms with Crippen LogP contribution < -0.4 is 0 Å². The van der Waals surface area contributed by atoms with Crippen LogP contribution in [0.25, 0.3) is 0 Å². The molecule has 0 amide bonds. The summed E-state index contributed by atoms with van der Waals surface area (Å²) in [7, 11) is 0. The second-order valence-electron chi connectivity index (χ2n) is 6.36. The topological polar surface area (TPSA) is 63.6 Å². The summed E-state index contributed by atoms with van der Waals surface area (Å²) in [5.41, 5.74) is -1.89. The lowest BCUT2D eigenvalue weighted by molar-refractivity contribution is -0.181. The number of fused-ring (bicyclic) bond motifs is 2. The monoisotopic (exact) mass is 240 g/mol. The smallest absolute Gasteiger partial charge is 0.324 e. The summed E-state index contributed by atoms with van der Waals surface area (Å²) < 4.78 is 5.32. The minimum Gasteiger partial charge on any atom is -0.480 e. The molecule has 0 aromatic rings. The zero-order valence-corrected chi connectivity index (χ0v) is 10.7. The van der Waals surface area contributed by atoms with Crippen LogP contribution >= 0.6 is 0 Å². The predicted octanol–water partition coefficient (Wildman–Crippen LogP) is 2.22. The fraction of sp³-hybridized carbons (Fsp3) is 0.846. The number of carbonyl (C=O) groups is 2. The molecular weight excluding hydrogens is 220 g/mol. The van der Waals surface area contributed by atoms with E-state index in [1.54, 1.807) is 20.8 Å². The molecule has 2 bridgehead atoms. The van der Waals surface area contributed by atoms with E-state index in [4.69, 9.17) is 4.74 Å². The molecule has 2 fully saturated rings. The molecule has 0 radical (unpaired) electrons. The summed E-state index contributed by atoms with van der Waals surface area (Å²) in [4.78, 5) is 23.8. The van der Waals surface area contributed by atoms with Crippen LogP contribution in [0.2, 0.25) is 0 Å². The Labute approximate surface area is 101 Å². The van der Waals surface area contributed by atoms with Crippen LogP contribution in [0, 0.1) is 17.3 Å². The number of ether oxygens (including phenoxy) is 1. The van der Waals surface area contributed by atoms with Crippen molar-refractivity contribution < 1.29 is 19.4 Å². The molecule has 2 aliphatic rings. The lowest BCUT2D eigenvalue weighted by atomic mass is 9.73. The van der Waals surface area contributed by atoms with Gasteiger partial charge in [0, 0.05) is 0 Å². The van der Waals surface area contributed by atoms with E-state index in [9.17, 15) is 14.7 Å². The molecule has 4 heteroatoms. The maximum atomic E-state index is 12.2. The zero-order chi connectivity index (χ0) is 12.8. The van der Waals surface area contributed by atoms with Gasteiger partial charge in [-0.3, -0.25) is 9.59 Å². The SMILES string of the molecule is CC(C)(C)OC(=O)[C@]1(C(=O)O)C[C@H]2CC[C@H]1C2. The average molecular weight is 240 g/mol. The molecule has 0 aromatic heterocycles. The van der Waals surface area contributed by atoms with Gasteiger partial charge in [0.15, 0.2) is 5.41 Å². The van der Waals surface area contributed by atoms with Gasteiger partial charge in [-0.05, 0) is 51.9 Å². The third kappa shape index (κ3) is 1.94. The maximum Gasteiger partial charge on any atom is 0.324 e. The third-order valence-corrected chi connectivity index (χ3v) is 3.99. The van der Waals surface area contributed by atoms with Crippen molar-refractivity contribution in [2.24, 2.45) is 17.3 Å². The van der Waals surface area contributed by atoms with E-state index < -0.39 is 23.0 Å². The van der Waals surface area contributed by atoms with Crippen molar-refractivity contribution in [3.63, 3.8) is 0 Å². The molecule has 0 heterocycles. The van der Waals surface area contributed by atoms with Gasteiger partial charge >= 0.3 is 11.9 Å². The Kier molecular flexibility index (Phi) is 2.71. The maximum absolute atomic E-state index is 12.2. The molecule has 0 spiro atoms. The van der Waals surface area contributed by atoms with Crippen molar-refractivity contribution in [3.05, 3.63) is 0 Å². The average Bonchev–Trinajstić information content (AvgIpc) is 2.73. The van der Waals surface area contributed by atoms with Crippen molar-refractivity contribution in [2.75, 3.05) is 0 Å². The van der Waals surface area contributed by atoms with E-state index in [0.29, 0.717) is 12.3 Å². The first kappa shape index (κ1) is 12.4. The van der Waals surface area contributed by atoms with E-state index in [1.807, 2.05) is 0 Å². The van der Waals surface area contributed by atoms with Crippen LogP contribution in [-0.4, -0.2) is 22.6 Å². The Morgan fingerprint density at radius 3 is 2.29 bits per heavy atom. The Hall–Kier alpha value is -1.06. The number of carboxylic acid groups (broad SMARTS) is 1. The molecule has 17 heavy (non-hydrogen) atoms. The first-order valence-corrected chi connectivity index (χ1v) is 6.22. The molecule has 2 rings (SSSR count). The summed E-state index contributed by atoms with van der Waals surface area (Å²) in [6.45, 7) is 5.31. The number of carboxylic acids is 1. The Morgan fingerprint density at radius 2 is 1.94 bits per heavy atom. The fourth-order valence-corrected chi connectivity index (χ4v) is 3.30. The molecule has 0 unspecified atom stereocenters. The van der Waals surface area contributed by atoms with E-state index >= 15 is 0 Å².